The third-order valence-electron chi connectivity index (χ3n) is 1.91. The van der Waals surface area contributed by atoms with Crippen LogP contribution in [-0.2, 0) is 9.53 Å². The number of methoxy groups -OCH3 is 1. The maximum atomic E-state index is 11.4. The van der Waals surface area contributed by atoms with E-state index in [9.17, 15) is 4.79 Å². The fourth-order valence-electron chi connectivity index (χ4n) is 1.22. The van der Waals surface area contributed by atoms with Gasteiger partial charge in [-0.05, 0) is 24.7 Å². The molecule has 0 aliphatic rings. The van der Waals surface area contributed by atoms with Crippen molar-refractivity contribution in [3.63, 3.8) is 0 Å². The van der Waals surface area contributed by atoms with Gasteiger partial charge < -0.3 is 10.1 Å². The summed E-state index contributed by atoms with van der Waals surface area (Å²) in [6.07, 6.45) is 0. The highest BCUT2D eigenvalue weighted by atomic mass is 79.9. The molecule has 0 aliphatic carbocycles. The predicted molar refractivity (Wildman–Crippen MR) is 58.0 cm³/mol. The first kappa shape index (κ1) is 11.2. The summed E-state index contributed by atoms with van der Waals surface area (Å²) >= 11 is 3.35. The highest BCUT2D eigenvalue weighted by Gasteiger charge is 2.18. The minimum absolute atomic E-state index is 0.286. The zero-order valence-corrected chi connectivity index (χ0v) is 9.67. The van der Waals surface area contributed by atoms with Crippen LogP contribution in [-0.4, -0.2) is 20.1 Å². The van der Waals surface area contributed by atoms with Gasteiger partial charge in [-0.25, -0.2) is 4.79 Å². The normalized spacial score (nSPS) is 12.2. The van der Waals surface area contributed by atoms with Gasteiger partial charge in [0, 0.05) is 4.47 Å². The molecule has 0 unspecified atom stereocenters. The van der Waals surface area contributed by atoms with Gasteiger partial charge in [-0.3, -0.25) is 0 Å². The minimum atomic E-state index is -0.405. The summed E-state index contributed by atoms with van der Waals surface area (Å²) in [5.41, 5.74) is 0.883. The van der Waals surface area contributed by atoms with Crippen molar-refractivity contribution in [3.05, 3.63) is 34.3 Å². The van der Waals surface area contributed by atoms with Gasteiger partial charge in [-0.15, -0.1) is 0 Å². The Morgan fingerprint density at radius 1 is 1.57 bits per heavy atom. The van der Waals surface area contributed by atoms with Crippen LogP contribution in [0.1, 0.15) is 11.6 Å². The van der Waals surface area contributed by atoms with Crippen molar-refractivity contribution in [2.24, 2.45) is 0 Å². The quantitative estimate of drug-likeness (QED) is 0.841. The molecule has 0 heterocycles. The molecule has 1 N–H and O–H groups in total. The van der Waals surface area contributed by atoms with Crippen LogP contribution >= 0.6 is 15.9 Å². The van der Waals surface area contributed by atoms with Crippen LogP contribution in [0.2, 0.25) is 0 Å². The minimum Gasteiger partial charge on any atom is -0.468 e. The maximum absolute atomic E-state index is 11.4. The number of rotatable bonds is 3. The molecule has 0 aromatic heterocycles. The Morgan fingerprint density at radius 3 is 2.79 bits per heavy atom. The topological polar surface area (TPSA) is 38.3 Å². The van der Waals surface area contributed by atoms with Gasteiger partial charge in [-0.1, -0.05) is 28.1 Å². The molecule has 1 atom stereocenters. The molecular weight excluding hydrogens is 246 g/mol. The number of hydrogen-bond donors (Lipinski definition) is 1. The van der Waals surface area contributed by atoms with E-state index in [0.717, 1.165) is 10.0 Å². The molecule has 0 aliphatic heterocycles. The lowest BCUT2D eigenvalue weighted by Gasteiger charge is -2.13. The van der Waals surface area contributed by atoms with Gasteiger partial charge in [0.2, 0.25) is 0 Å². The van der Waals surface area contributed by atoms with Crippen molar-refractivity contribution in [2.45, 2.75) is 6.04 Å². The summed E-state index contributed by atoms with van der Waals surface area (Å²) in [5, 5.41) is 2.90. The third kappa shape index (κ3) is 2.56. The molecule has 0 fully saturated rings. The summed E-state index contributed by atoms with van der Waals surface area (Å²) in [5.74, 6) is -0.286. The summed E-state index contributed by atoms with van der Waals surface area (Å²) in [4.78, 5) is 11.4. The van der Waals surface area contributed by atoms with Crippen LogP contribution in [0.15, 0.2) is 28.7 Å². The van der Waals surface area contributed by atoms with Crippen molar-refractivity contribution < 1.29 is 9.53 Å². The fourth-order valence-corrected chi connectivity index (χ4v) is 1.64. The highest BCUT2D eigenvalue weighted by Crippen LogP contribution is 2.18. The second-order valence-electron chi connectivity index (χ2n) is 2.80. The lowest BCUT2D eigenvalue weighted by atomic mass is 10.1. The first-order valence-corrected chi connectivity index (χ1v) is 4.99. The summed E-state index contributed by atoms with van der Waals surface area (Å²) in [6, 6.07) is 7.15. The lowest BCUT2D eigenvalue weighted by Crippen LogP contribution is -2.26. The van der Waals surface area contributed by atoms with E-state index >= 15 is 0 Å². The summed E-state index contributed by atoms with van der Waals surface area (Å²) in [7, 11) is 3.10. The van der Waals surface area contributed by atoms with E-state index in [1.807, 2.05) is 24.3 Å². The van der Waals surface area contributed by atoms with Crippen LogP contribution in [0.5, 0.6) is 0 Å². The van der Waals surface area contributed by atoms with E-state index in [0.29, 0.717) is 0 Å². The molecule has 0 bridgehead atoms. The molecule has 76 valence electrons. The Morgan fingerprint density at radius 2 is 2.29 bits per heavy atom. The number of carbonyl (C=O) groups is 1. The first-order valence-electron chi connectivity index (χ1n) is 4.19. The van der Waals surface area contributed by atoms with Crippen molar-refractivity contribution in [2.75, 3.05) is 14.2 Å². The van der Waals surface area contributed by atoms with E-state index in [2.05, 4.69) is 26.0 Å². The average Bonchev–Trinajstić information content (AvgIpc) is 2.19. The fraction of sp³-hybridized carbons (Fsp3) is 0.300. The van der Waals surface area contributed by atoms with Gasteiger partial charge in [-0.2, -0.15) is 0 Å². The lowest BCUT2D eigenvalue weighted by molar-refractivity contribution is -0.143. The zero-order valence-electron chi connectivity index (χ0n) is 8.08. The van der Waals surface area contributed by atoms with Crippen LogP contribution in [0.4, 0.5) is 0 Å². The number of likely N-dealkylation sites (N-methyl/N-ethyl adjacent to an activating group) is 1. The molecule has 1 rings (SSSR count). The molecule has 0 amide bonds. The Balaban J connectivity index is 2.94. The van der Waals surface area contributed by atoms with E-state index in [4.69, 9.17) is 0 Å². The van der Waals surface area contributed by atoms with Gasteiger partial charge in [0.15, 0.2) is 0 Å². The molecular formula is C10H12BrNO2. The molecule has 0 spiro atoms. The number of esters is 1. The van der Waals surface area contributed by atoms with E-state index in [-0.39, 0.29) is 5.97 Å². The van der Waals surface area contributed by atoms with Crippen molar-refractivity contribution in [1.29, 1.82) is 0 Å². The molecule has 3 nitrogen and oxygen atoms in total. The van der Waals surface area contributed by atoms with Crippen LogP contribution in [0, 0.1) is 0 Å². The average molecular weight is 258 g/mol. The summed E-state index contributed by atoms with van der Waals surface area (Å²) in [6.45, 7) is 0. The van der Waals surface area contributed by atoms with Crippen molar-refractivity contribution in [3.8, 4) is 0 Å². The predicted octanol–water partition coefficient (Wildman–Crippen LogP) is 1.88. The van der Waals surface area contributed by atoms with E-state index < -0.39 is 6.04 Å². The standard InChI is InChI=1S/C10H12BrNO2/c1-12-9(10(13)14-2)7-4-3-5-8(11)6-7/h3-6,9,12H,1-2H3/t9-/m1/s1. The Hall–Kier alpha value is -0.870. The van der Waals surface area contributed by atoms with Gasteiger partial charge in [0.05, 0.1) is 7.11 Å². The van der Waals surface area contributed by atoms with Crippen LogP contribution in [0.25, 0.3) is 0 Å². The van der Waals surface area contributed by atoms with Crippen molar-refractivity contribution >= 4 is 21.9 Å². The van der Waals surface area contributed by atoms with E-state index in [1.54, 1.807) is 7.05 Å². The third-order valence-corrected chi connectivity index (χ3v) is 2.40. The van der Waals surface area contributed by atoms with Crippen LogP contribution < -0.4 is 5.32 Å². The number of halogens is 1. The molecule has 4 heteroatoms. The molecule has 0 saturated heterocycles. The molecule has 1 aromatic rings. The Kier molecular flexibility index (Phi) is 4.10. The largest absolute Gasteiger partial charge is 0.468 e. The molecule has 14 heavy (non-hydrogen) atoms. The number of nitrogens with one attached hydrogen (secondary N) is 1. The highest BCUT2D eigenvalue weighted by molar-refractivity contribution is 9.10. The smallest absolute Gasteiger partial charge is 0.327 e. The Labute approximate surface area is 91.6 Å². The SMILES string of the molecule is CN[C@@H](C(=O)OC)c1cccc(Br)c1. The van der Waals surface area contributed by atoms with Crippen LogP contribution in [0.3, 0.4) is 0 Å². The summed E-state index contributed by atoms with van der Waals surface area (Å²) < 4.78 is 5.62. The first-order chi connectivity index (χ1) is 6.69. The number of carbonyl (C=O) groups excluding carboxylic acids is 1. The zero-order chi connectivity index (χ0) is 10.6. The molecule has 0 saturated carbocycles. The second kappa shape index (κ2) is 5.12. The van der Waals surface area contributed by atoms with Gasteiger partial charge >= 0.3 is 5.97 Å². The molecule has 0 radical (unpaired) electrons. The number of hydrogen-bond acceptors (Lipinski definition) is 3. The Bertz CT molecular complexity index is 328. The molecule has 1 aromatic carbocycles. The van der Waals surface area contributed by atoms with Crippen molar-refractivity contribution in [1.82, 2.24) is 5.32 Å². The maximum Gasteiger partial charge on any atom is 0.327 e. The number of benzene rings is 1. The number of ether oxygens (including phenoxy) is 1. The van der Waals surface area contributed by atoms with Gasteiger partial charge in [0.1, 0.15) is 6.04 Å². The van der Waals surface area contributed by atoms with E-state index in [1.165, 1.54) is 7.11 Å². The van der Waals surface area contributed by atoms with Gasteiger partial charge in [0.25, 0.3) is 0 Å². The monoisotopic (exact) mass is 257 g/mol. The second-order valence-corrected chi connectivity index (χ2v) is 3.72.